The first-order valence-corrected chi connectivity index (χ1v) is 11.1. The molecule has 35 heavy (non-hydrogen) atoms. The van der Waals surface area contributed by atoms with Gasteiger partial charge in [0.2, 0.25) is 5.88 Å². The Morgan fingerprint density at radius 2 is 1.89 bits per heavy atom. The van der Waals surface area contributed by atoms with Gasteiger partial charge in [0, 0.05) is 23.7 Å². The molecule has 0 saturated carbocycles. The second-order valence-corrected chi connectivity index (χ2v) is 7.90. The lowest BCUT2D eigenvalue weighted by molar-refractivity contribution is 0.391. The van der Waals surface area contributed by atoms with Gasteiger partial charge >= 0.3 is 5.69 Å². The Labute approximate surface area is 200 Å². The Morgan fingerprint density at radius 1 is 1.17 bits per heavy atom. The zero-order chi connectivity index (χ0) is 25.3. The van der Waals surface area contributed by atoms with Crippen molar-refractivity contribution in [1.29, 1.82) is 0 Å². The molecule has 0 amide bonds. The molecule has 0 spiro atoms. The summed E-state index contributed by atoms with van der Waals surface area (Å²) in [7, 11) is 1.42. The second-order valence-electron chi connectivity index (χ2n) is 7.90. The molecule has 0 N–H and O–H groups in total. The van der Waals surface area contributed by atoms with Crippen LogP contribution in [-0.4, -0.2) is 26.4 Å². The highest BCUT2D eigenvalue weighted by Crippen LogP contribution is 2.36. The molecule has 1 aliphatic rings. The van der Waals surface area contributed by atoms with Gasteiger partial charge in [-0.1, -0.05) is 31.7 Å². The Morgan fingerprint density at radius 3 is 2.43 bits per heavy atom. The molecule has 3 aromatic rings. The molecular weight excluding hydrogens is 454 g/mol. The van der Waals surface area contributed by atoms with E-state index in [0.717, 1.165) is 33.4 Å². The van der Waals surface area contributed by atoms with E-state index in [9.17, 15) is 18.4 Å². The first-order chi connectivity index (χ1) is 16.9. The summed E-state index contributed by atoms with van der Waals surface area (Å²) in [6, 6.07) is 6.42. The Hall–Kier alpha value is -4.14. The molecule has 0 saturated heterocycles. The highest BCUT2D eigenvalue weighted by atomic mass is 19.1. The standard InChI is InChI=1S/C26H24F2N4O3/c1-5-15(6-2)17-13-21-24(16(17)7-3)25(33)32(22-11-12-23(35-4)30-29-22)26(34)31(21)14-18-19(27)9-8-10-20(18)28/h5-6,8-12H,1,7,13-14H2,2-4H3/b15-6+. The number of halogens is 2. The molecule has 1 aliphatic carbocycles. The van der Waals surface area contributed by atoms with Crippen LogP contribution in [0.1, 0.15) is 37.1 Å². The molecule has 0 aliphatic heterocycles. The van der Waals surface area contributed by atoms with E-state index in [2.05, 4.69) is 16.8 Å². The van der Waals surface area contributed by atoms with Crippen molar-refractivity contribution in [3.8, 4) is 11.7 Å². The largest absolute Gasteiger partial charge is 0.480 e. The zero-order valence-corrected chi connectivity index (χ0v) is 19.6. The van der Waals surface area contributed by atoms with Crippen molar-refractivity contribution < 1.29 is 13.5 Å². The molecule has 0 atom stereocenters. The maximum atomic E-state index is 14.6. The summed E-state index contributed by atoms with van der Waals surface area (Å²) in [5.41, 5.74) is 1.52. The number of hydrogen-bond donors (Lipinski definition) is 0. The molecule has 1 aromatic carbocycles. The minimum absolute atomic E-state index is 0.0229. The van der Waals surface area contributed by atoms with Crippen LogP contribution in [0.15, 0.2) is 69.8 Å². The quantitative estimate of drug-likeness (QED) is 0.480. The van der Waals surface area contributed by atoms with E-state index in [4.69, 9.17) is 4.74 Å². The molecule has 2 heterocycles. The molecule has 7 nitrogen and oxygen atoms in total. The summed E-state index contributed by atoms with van der Waals surface area (Å²) in [5.74, 6) is -1.38. The maximum absolute atomic E-state index is 14.6. The monoisotopic (exact) mass is 478 g/mol. The maximum Gasteiger partial charge on any atom is 0.337 e. The lowest BCUT2D eigenvalue weighted by Gasteiger charge is -2.17. The van der Waals surface area contributed by atoms with Gasteiger partial charge in [0.25, 0.3) is 5.56 Å². The Kier molecular flexibility index (Phi) is 6.59. The number of fused-ring (bicyclic) bond motifs is 1. The van der Waals surface area contributed by atoms with Crippen molar-refractivity contribution in [2.75, 3.05) is 7.11 Å². The van der Waals surface area contributed by atoms with Gasteiger partial charge < -0.3 is 4.74 Å². The summed E-state index contributed by atoms with van der Waals surface area (Å²) in [6.45, 7) is 7.22. The number of hydrogen-bond acceptors (Lipinski definition) is 5. The molecule has 0 fully saturated rings. The summed E-state index contributed by atoms with van der Waals surface area (Å²) in [5, 5.41) is 7.84. The van der Waals surface area contributed by atoms with Gasteiger partial charge in [-0.2, -0.15) is 0 Å². The van der Waals surface area contributed by atoms with Crippen molar-refractivity contribution in [3.05, 3.63) is 110 Å². The fraction of sp³-hybridized carbons (Fsp3) is 0.231. The van der Waals surface area contributed by atoms with E-state index < -0.39 is 29.4 Å². The van der Waals surface area contributed by atoms with Crippen LogP contribution in [0.3, 0.4) is 0 Å². The van der Waals surface area contributed by atoms with E-state index in [1.54, 1.807) is 6.08 Å². The second kappa shape index (κ2) is 9.61. The normalized spacial score (nSPS) is 13.2. The molecule has 9 heteroatoms. The van der Waals surface area contributed by atoms with Crippen molar-refractivity contribution >= 4 is 5.57 Å². The molecule has 0 bridgehead atoms. The number of aromatic nitrogens is 4. The third kappa shape index (κ3) is 4.03. The molecule has 4 rings (SSSR count). The predicted octanol–water partition coefficient (Wildman–Crippen LogP) is 3.98. The minimum atomic E-state index is -0.783. The minimum Gasteiger partial charge on any atom is -0.480 e. The number of methoxy groups -OCH3 is 1. The van der Waals surface area contributed by atoms with E-state index in [0.29, 0.717) is 17.7 Å². The van der Waals surface area contributed by atoms with Crippen LogP contribution in [0.2, 0.25) is 0 Å². The number of benzene rings is 1. The van der Waals surface area contributed by atoms with E-state index in [-0.39, 0.29) is 23.7 Å². The van der Waals surface area contributed by atoms with Gasteiger partial charge in [-0.25, -0.2) is 18.1 Å². The number of allylic oxidation sites excluding steroid dienone is 5. The van der Waals surface area contributed by atoms with Crippen molar-refractivity contribution in [3.63, 3.8) is 0 Å². The SMILES string of the molecule is C=C/C(=C\C)C1=C(CC)c2c(n(Cc3c(F)cccc3F)c(=O)n(-c3ccc(OC)nn3)c2=O)C1. The summed E-state index contributed by atoms with van der Waals surface area (Å²) in [4.78, 5) is 27.4. The first-order valence-electron chi connectivity index (χ1n) is 11.1. The highest BCUT2D eigenvalue weighted by Gasteiger charge is 2.31. The highest BCUT2D eigenvalue weighted by molar-refractivity contribution is 5.79. The third-order valence-electron chi connectivity index (χ3n) is 6.14. The van der Waals surface area contributed by atoms with Crippen molar-refractivity contribution in [1.82, 2.24) is 19.3 Å². The predicted molar refractivity (Wildman–Crippen MR) is 129 cm³/mol. The average Bonchev–Trinajstić information content (AvgIpc) is 3.24. The van der Waals surface area contributed by atoms with E-state index in [1.165, 1.54) is 29.9 Å². The summed E-state index contributed by atoms with van der Waals surface area (Å²) >= 11 is 0. The van der Waals surface area contributed by atoms with E-state index >= 15 is 0 Å². The smallest absolute Gasteiger partial charge is 0.337 e. The van der Waals surface area contributed by atoms with Crippen LogP contribution >= 0.6 is 0 Å². The fourth-order valence-electron chi connectivity index (χ4n) is 4.43. The molecule has 0 unspecified atom stereocenters. The number of ether oxygens (including phenoxy) is 1. The van der Waals surface area contributed by atoms with Gasteiger partial charge in [0.15, 0.2) is 5.82 Å². The average molecular weight is 478 g/mol. The molecule has 0 radical (unpaired) electrons. The number of rotatable bonds is 7. The van der Waals surface area contributed by atoms with Crippen LogP contribution in [0.5, 0.6) is 5.88 Å². The van der Waals surface area contributed by atoms with Crippen LogP contribution in [0.25, 0.3) is 11.4 Å². The fourth-order valence-corrected chi connectivity index (χ4v) is 4.43. The number of nitrogens with zero attached hydrogens (tertiary/aromatic N) is 4. The van der Waals surface area contributed by atoms with Crippen LogP contribution < -0.4 is 16.0 Å². The van der Waals surface area contributed by atoms with Gasteiger partial charge in [0.1, 0.15) is 11.6 Å². The molecular formula is C26H24F2N4O3. The van der Waals surface area contributed by atoms with Crippen LogP contribution in [-0.2, 0) is 13.0 Å². The van der Waals surface area contributed by atoms with Gasteiger partial charge in [-0.05, 0) is 48.3 Å². The Balaban J connectivity index is 2.05. The molecule has 2 aromatic heterocycles. The zero-order valence-electron chi connectivity index (χ0n) is 19.6. The molecule has 180 valence electrons. The van der Waals surface area contributed by atoms with Gasteiger partial charge in [-0.15, -0.1) is 10.2 Å². The van der Waals surface area contributed by atoms with E-state index in [1.807, 2.05) is 19.9 Å². The lowest BCUT2D eigenvalue weighted by Crippen LogP contribution is -2.42. The van der Waals surface area contributed by atoms with Crippen molar-refractivity contribution in [2.45, 2.75) is 33.2 Å². The van der Waals surface area contributed by atoms with Gasteiger partial charge in [-0.3, -0.25) is 9.36 Å². The third-order valence-corrected chi connectivity index (χ3v) is 6.14. The van der Waals surface area contributed by atoms with Crippen LogP contribution in [0, 0.1) is 11.6 Å². The first kappa shape index (κ1) is 24.0. The lowest BCUT2D eigenvalue weighted by atomic mass is 9.99. The topological polar surface area (TPSA) is 79.0 Å². The Bertz CT molecular complexity index is 1480. The van der Waals surface area contributed by atoms with Gasteiger partial charge in [0.05, 0.1) is 19.2 Å². The van der Waals surface area contributed by atoms with Crippen LogP contribution in [0.4, 0.5) is 8.78 Å². The summed E-state index contributed by atoms with van der Waals surface area (Å²) in [6.07, 6.45) is 4.31. The summed E-state index contributed by atoms with van der Waals surface area (Å²) < 4.78 is 36.3. The van der Waals surface area contributed by atoms with Crippen molar-refractivity contribution in [2.24, 2.45) is 0 Å².